The van der Waals surface area contributed by atoms with E-state index >= 15 is 0 Å². The molecule has 0 N–H and O–H groups in total. The maximum absolute atomic E-state index is 10.1. The average Bonchev–Trinajstić information content (AvgIpc) is 4.05. The normalized spacial score (nSPS) is 13.4. The number of hydrogen-bond acceptors (Lipinski definition) is 2. The summed E-state index contributed by atoms with van der Waals surface area (Å²) in [5.41, 5.74) is 9.81. The second-order valence-corrected chi connectivity index (χ2v) is 24.7. The molecule has 0 fully saturated rings. The second kappa shape index (κ2) is 19.0. The van der Waals surface area contributed by atoms with Crippen molar-refractivity contribution >= 4 is 32.8 Å². The topological polar surface area (TPSA) is 35.9 Å². The Labute approximate surface area is 460 Å². The number of para-hydroxylation sites is 4. The van der Waals surface area contributed by atoms with E-state index in [9.17, 15) is 5.48 Å². The summed E-state index contributed by atoms with van der Waals surface area (Å²) < 4.78 is 53.1. The third kappa shape index (κ3) is 10.1. The van der Waals surface area contributed by atoms with Crippen molar-refractivity contribution in [3.05, 3.63) is 198 Å². The van der Waals surface area contributed by atoms with Crippen molar-refractivity contribution in [2.45, 2.75) is 131 Å². The molecule has 380 valence electrons. The molecule has 5 nitrogen and oxygen atoms in total. The molecule has 3 aromatic heterocycles. The molecule has 7 aromatic carbocycles. The quantitative estimate of drug-likeness (QED) is 0.118. The van der Waals surface area contributed by atoms with E-state index in [1.165, 1.54) is 5.56 Å². The van der Waals surface area contributed by atoms with Gasteiger partial charge < -0.3 is 13.9 Å². The van der Waals surface area contributed by atoms with Gasteiger partial charge in [0.15, 0.2) is 0 Å². The first-order chi connectivity index (χ1) is 36.0. The Kier molecular flexibility index (Phi) is 12.1. The van der Waals surface area contributed by atoms with Crippen LogP contribution in [0.1, 0.15) is 137 Å². The standard InChI is InChI=1S/C68H70N4O.Pt/c1-64(2,3)46-32-33-69-62(40-46)72-58-27-17-16-24-56(58)57-31-30-53(42-61(57)72)73-52-23-20-22-51(41-52)70-43-71(60-29-19-18-28-59(60)70)63-54(44-34-47(65(4,5)6)38-48(35-44)66(7,8)9)25-21-26-55(63)45-36-49(67(10,11)12)39-50(37-45)68(13,14)15;/h16-40H,1-15H3;/q-2;/i34D,35D,36D,37D;. The van der Waals surface area contributed by atoms with Gasteiger partial charge in [-0.05, 0) is 106 Å². The van der Waals surface area contributed by atoms with Crippen molar-refractivity contribution in [1.82, 2.24) is 14.1 Å². The largest absolute Gasteiger partial charge is 0.510 e. The maximum Gasteiger partial charge on any atom is 0.268 e. The van der Waals surface area contributed by atoms with Gasteiger partial charge in [0.25, 0.3) is 6.33 Å². The molecular weight excluding hydrogens is 1080 g/mol. The number of imidazole rings is 1. The van der Waals surface area contributed by atoms with Crippen molar-refractivity contribution in [3.63, 3.8) is 0 Å². The Hall–Kier alpha value is -6.55. The van der Waals surface area contributed by atoms with Gasteiger partial charge in [0.2, 0.25) is 0 Å². The van der Waals surface area contributed by atoms with Crippen molar-refractivity contribution in [1.29, 1.82) is 0 Å². The molecule has 10 rings (SSSR count). The Morgan fingerprint density at radius 3 is 1.58 bits per heavy atom. The Balaban J connectivity index is 0.00000740. The maximum atomic E-state index is 10.1. The van der Waals surface area contributed by atoms with Gasteiger partial charge in [0.1, 0.15) is 5.82 Å². The van der Waals surface area contributed by atoms with E-state index in [4.69, 9.17) is 9.72 Å². The smallest absolute Gasteiger partial charge is 0.268 e. The Morgan fingerprint density at radius 2 is 1.01 bits per heavy atom. The van der Waals surface area contributed by atoms with Crippen molar-refractivity contribution in [2.24, 2.45) is 0 Å². The van der Waals surface area contributed by atoms with Crippen LogP contribution in [0.5, 0.6) is 11.5 Å². The predicted molar refractivity (Wildman–Crippen MR) is 304 cm³/mol. The first-order valence-electron chi connectivity index (χ1n) is 27.6. The Morgan fingerprint density at radius 1 is 0.500 bits per heavy atom. The number of benzene rings is 7. The number of fused-ring (bicyclic) bond motifs is 4. The zero-order chi connectivity index (χ0) is 55.5. The summed E-state index contributed by atoms with van der Waals surface area (Å²) >= 11 is 0. The zero-order valence-corrected chi connectivity index (χ0v) is 47.9. The fourth-order valence-electron chi connectivity index (χ4n) is 9.44. The van der Waals surface area contributed by atoms with Crippen LogP contribution in [-0.2, 0) is 48.1 Å². The summed E-state index contributed by atoms with van der Waals surface area (Å²) in [7, 11) is 0. The molecule has 0 aliphatic rings. The molecule has 0 saturated carbocycles. The minimum absolute atomic E-state index is 0. The number of aromatic nitrogens is 4. The van der Waals surface area contributed by atoms with Crippen LogP contribution in [0.4, 0.5) is 0 Å². The molecule has 0 aliphatic heterocycles. The van der Waals surface area contributed by atoms with Gasteiger partial charge >= 0.3 is 0 Å². The van der Waals surface area contributed by atoms with Gasteiger partial charge in [0.05, 0.1) is 22.2 Å². The number of hydrogen-bond donors (Lipinski definition) is 0. The van der Waals surface area contributed by atoms with E-state index in [1.807, 2.05) is 88.1 Å². The molecule has 74 heavy (non-hydrogen) atoms. The summed E-state index contributed by atoms with van der Waals surface area (Å²) in [4.78, 5) is 4.87. The molecule has 0 amide bonds. The summed E-state index contributed by atoms with van der Waals surface area (Å²) in [6.45, 7) is 32.0. The van der Waals surface area contributed by atoms with Crippen LogP contribution in [-0.4, -0.2) is 14.1 Å². The molecule has 0 saturated heterocycles. The molecule has 0 unspecified atom stereocenters. The van der Waals surface area contributed by atoms with E-state index in [1.54, 1.807) is 0 Å². The number of pyridine rings is 1. The van der Waals surface area contributed by atoms with Gasteiger partial charge in [-0.3, -0.25) is 4.57 Å². The summed E-state index contributed by atoms with van der Waals surface area (Å²) in [5.74, 6) is 1.80. The van der Waals surface area contributed by atoms with Crippen LogP contribution < -0.4 is 9.30 Å². The summed E-state index contributed by atoms with van der Waals surface area (Å²) in [6, 6.07) is 48.9. The molecule has 3 heterocycles. The van der Waals surface area contributed by atoms with Crippen molar-refractivity contribution in [2.75, 3.05) is 0 Å². The molecule has 0 bridgehead atoms. The number of ether oxygens (including phenoxy) is 1. The van der Waals surface area contributed by atoms with Crippen LogP contribution in [0.3, 0.4) is 0 Å². The first-order valence-corrected chi connectivity index (χ1v) is 25.6. The monoisotopic (exact) mass is 1160 g/mol. The molecule has 0 radical (unpaired) electrons. The van der Waals surface area contributed by atoms with Crippen molar-refractivity contribution in [3.8, 4) is 50.9 Å². The Bertz CT molecular complexity index is 3800. The number of rotatable bonds is 7. The van der Waals surface area contributed by atoms with E-state index < -0.39 is 21.7 Å². The molecule has 0 aliphatic carbocycles. The third-order valence-electron chi connectivity index (χ3n) is 13.8. The van der Waals surface area contributed by atoms with Crippen LogP contribution in [0.15, 0.2) is 152 Å². The first kappa shape index (κ1) is 47.2. The van der Waals surface area contributed by atoms with E-state index in [0.29, 0.717) is 45.1 Å². The van der Waals surface area contributed by atoms with Crippen molar-refractivity contribution < 1.29 is 35.9 Å². The van der Waals surface area contributed by atoms with E-state index in [2.05, 4.69) is 175 Å². The molecule has 0 atom stereocenters. The van der Waals surface area contributed by atoms with Crippen LogP contribution in [0.2, 0.25) is 0 Å². The van der Waals surface area contributed by atoms with Gasteiger partial charge in [-0.25, -0.2) is 4.98 Å². The molecule has 6 heteroatoms. The van der Waals surface area contributed by atoms with Crippen LogP contribution >= 0.6 is 0 Å². The van der Waals surface area contributed by atoms with Crippen LogP contribution in [0.25, 0.3) is 72.3 Å². The molecule has 10 aromatic rings. The SMILES string of the molecule is [2H]c1c(C(C)(C)C)cc(C(C)(C)C)c([2H])c1-c1cccc(-c2c([2H])c(C(C)(C)C)cc(C(C)(C)C)c2[2H])c1-[n+]1[c-]n(-c2[c-]c(Oc3[c-]c4c(cc3)c3ccccc3n4-c3cc(C(C)(C)C)ccn3)ccc2)c2ccccc21.[Pt]. The van der Waals surface area contributed by atoms with E-state index in [-0.39, 0.29) is 50.6 Å². The molecular formula is C68H70N4OPt-2. The predicted octanol–water partition coefficient (Wildman–Crippen LogP) is 17.4. The summed E-state index contributed by atoms with van der Waals surface area (Å²) in [6.07, 6.45) is 5.63. The minimum Gasteiger partial charge on any atom is -0.510 e. The van der Waals surface area contributed by atoms with Gasteiger partial charge in [0, 0.05) is 44.3 Å². The zero-order valence-electron chi connectivity index (χ0n) is 49.6. The average molecular weight is 1160 g/mol. The molecule has 0 spiro atoms. The van der Waals surface area contributed by atoms with Crippen LogP contribution in [0, 0.1) is 18.5 Å². The van der Waals surface area contributed by atoms with Gasteiger partial charge in [-0.1, -0.05) is 206 Å². The van der Waals surface area contributed by atoms with Gasteiger partial charge in [-0.15, -0.1) is 29.7 Å². The fraction of sp³-hybridized carbons (Fsp3) is 0.294. The van der Waals surface area contributed by atoms with Gasteiger partial charge in [-0.2, -0.15) is 18.2 Å². The number of nitrogens with zero attached hydrogens (tertiary/aromatic N) is 4. The third-order valence-corrected chi connectivity index (χ3v) is 13.8. The minimum atomic E-state index is -0.419. The fourth-order valence-corrected chi connectivity index (χ4v) is 9.44. The summed E-state index contributed by atoms with van der Waals surface area (Å²) in [5, 5.41) is 2.13. The second-order valence-electron chi connectivity index (χ2n) is 24.7. The van der Waals surface area contributed by atoms with E-state index in [0.717, 1.165) is 60.9 Å².